The van der Waals surface area contributed by atoms with Crippen molar-refractivity contribution in [1.82, 2.24) is 15.2 Å². The molecule has 1 aliphatic carbocycles. The third kappa shape index (κ3) is 2.00. The summed E-state index contributed by atoms with van der Waals surface area (Å²) in [4.78, 5) is 15.8. The maximum atomic E-state index is 11.8. The van der Waals surface area contributed by atoms with Crippen LogP contribution >= 0.6 is 0 Å². The molecule has 0 amide bonds. The number of hydrogen-bond acceptors (Lipinski definition) is 5. The Morgan fingerprint density at radius 1 is 1.56 bits per heavy atom. The highest BCUT2D eigenvalue weighted by Gasteiger charge is 2.35. The van der Waals surface area contributed by atoms with Crippen LogP contribution in [0, 0.1) is 5.92 Å². The summed E-state index contributed by atoms with van der Waals surface area (Å²) in [6, 6.07) is 0. The Morgan fingerprint density at radius 3 is 2.75 bits per heavy atom. The number of carbonyl (C=O) groups is 1. The van der Waals surface area contributed by atoms with E-state index in [1.165, 1.54) is 7.11 Å². The van der Waals surface area contributed by atoms with Crippen LogP contribution < -0.4 is 5.73 Å². The van der Waals surface area contributed by atoms with E-state index in [4.69, 9.17) is 10.5 Å². The second-order valence-electron chi connectivity index (χ2n) is 4.12. The Morgan fingerprint density at radius 2 is 2.25 bits per heavy atom. The monoisotopic (exact) mass is 224 g/mol. The standard InChI is InChI=1S/C10H16N4O2/c1-16-9(15)7(6-4-2-3-5-6)8-12-10(11)14-13-8/h6-7H,2-5H2,1H3,(H3,11,12,13,14). The van der Waals surface area contributed by atoms with Crippen molar-refractivity contribution in [1.29, 1.82) is 0 Å². The number of aromatic amines is 1. The van der Waals surface area contributed by atoms with E-state index < -0.39 is 0 Å². The van der Waals surface area contributed by atoms with Crippen LogP contribution in [0.25, 0.3) is 0 Å². The predicted octanol–water partition coefficient (Wildman–Crippen LogP) is 0.834. The van der Waals surface area contributed by atoms with Crippen LogP contribution in [0.2, 0.25) is 0 Å². The first-order valence-corrected chi connectivity index (χ1v) is 5.48. The fourth-order valence-electron chi connectivity index (χ4n) is 2.37. The average molecular weight is 224 g/mol. The molecule has 1 unspecified atom stereocenters. The molecular weight excluding hydrogens is 208 g/mol. The summed E-state index contributed by atoms with van der Waals surface area (Å²) in [5, 5.41) is 6.47. The number of hydrogen-bond donors (Lipinski definition) is 2. The number of esters is 1. The number of H-pyrrole nitrogens is 1. The molecule has 1 aliphatic rings. The smallest absolute Gasteiger partial charge is 0.316 e. The van der Waals surface area contributed by atoms with Gasteiger partial charge < -0.3 is 10.5 Å². The molecule has 0 radical (unpaired) electrons. The number of nitrogens with two attached hydrogens (primary N) is 1. The van der Waals surface area contributed by atoms with Gasteiger partial charge in [-0.25, -0.2) is 0 Å². The van der Waals surface area contributed by atoms with Crippen molar-refractivity contribution >= 4 is 11.9 Å². The Hall–Kier alpha value is -1.59. The number of anilines is 1. The van der Waals surface area contributed by atoms with Gasteiger partial charge in [0.25, 0.3) is 0 Å². The first-order chi connectivity index (χ1) is 7.72. The Balaban J connectivity index is 2.23. The fourth-order valence-corrected chi connectivity index (χ4v) is 2.37. The lowest BCUT2D eigenvalue weighted by molar-refractivity contribution is -0.144. The molecular formula is C10H16N4O2. The highest BCUT2D eigenvalue weighted by molar-refractivity contribution is 5.77. The molecule has 1 fully saturated rings. The van der Waals surface area contributed by atoms with Crippen LogP contribution in [0.15, 0.2) is 0 Å². The average Bonchev–Trinajstić information content (AvgIpc) is 2.91. The molecule has 16 heavy (non-hydrogen) atoms. The Bertz CT molecular complexity index is 371. The number of aromatic nitrogens is 3. The molecule has 0 aliphatic heterocycles. The third-order valence-electron chi connectivity index (χ3n) is 3.14. The first kappa shape index (κ1) is 10.9. The van der Waals surface area contributed by atoms with Gasteiger partial charge in [0.2, 0.25) is 5.95 Å². The SMILES string of the molecule is COC(=O)C(c1nc(N)n[nH]1)C1CCCC1. The van der Waals surface area contributed by atoms with Crippen LogP contribution in [0.4, 0.5) is 5.95 Å². The van der Waals surface area contributed by atoms with E-state index >= 15 is 0 Å². The molecule has 6 heteroatoms. The van der Waals surface area contributed by atoms with Gasteiger partial charge in [-0.05, 0) is 18.8 Å². The number of nitrogen functional groups attached to an aromatic ring is 1. The van der Waals surface area contributed by atoms with Gasteiger partial charge in [-0.15, -0.1) is 5.10 Å². The maximum Gasteiger partial charge on any atom is 0.316 e. The highest BCUT2D eigenvalue weighted by atomic mass is 16.5. The van der Waals surface area contributed by atoms with Gasteiger partial charge in [0.15, 0.2) is 0 Å². The number of rotatable bonds is 3. The summed E-state index contributed by atoms with van der Waals surface area (Å²) in [5.74, 6) is 0.373. The van der Waals surface area contributed by atoms with E-state index in [0.717, 1.165) is 25.7 Å². The Kier molecular flexibility index (Phi) is 3.07. The number of nitrogens with one attached hydrogen (secondary N) is 1. The molecule has 1 aromatic rings. The number of nitrogens with zero attached hydrogens (tertiary/aromatic N) is 2. The lowest BCUT2D eigenvalue weighted by atomic mass is 9.90. The summed E-state index contributed by atoms with van der Waals surface area (Å²) in [5.41, 5.74) is 5.45. The summed E-state index contributed by atoms with van der Waals surface area (Å²) >= 11 is 0. The minimum atomic E-state index is -0.350. The lowest BCUT2D eigenvalue weighted by Crippen LogP contribution is -2.22. The first-order valence-electron chi connectivity index (χ1n) is 5.48. The Labute approximate surface area is 93.6 Å². The van der Waals surface area contributed by atoms with Gasteiger partial charge in [-0.1, -0.05) is 12.8 Å². The molecule has 1 heterocycles. The van der Waals surface area contributed by atoms with E-state index in [0.29, 0.717) is 11.7 Å². The van der Waals surface area contributed by atoms with Crippen molar-refractivity contribution in [3.05, 3.63) is 5.82 Å². The molecule has 6 nitrogen and oxygen atoms in total. The van der Waals surface area contributed by atoms with Crippen LogP contribution in [0.5, 0.6) is 0 Å². The summed E-state index contributed by atoms with van der Waals surface area (Å²) in [6.45, 7) is 0. The number of methoxy groups -OCH3 is 1. The van der Waals surface area contributed by atoms with Crippen molar-refractivity contribution in [2.24, 2.45) is 5.92 Å². The lowest BCUT2D eigenvalue weighted by Gasteiger charge is -2.18. The van der Waals surface area contributed by atoms with Crippen molar-refractivity contribution < 1.29 is 9.53 Å². The summed E-state index contributed by atoms with van der Waals surface area (Å²) in [7, 11) is 1.39. The van der Waals surface area contributed by atoms with Crippen LogP contribution in [0.1, 0.15) is 37.4 Å². The van der Waals surface area contributed by atoms with E-state index in [9.17, 15) is 4.79 Å². The molecule has 0 bridgehead atoms. The summed E-state index contributed by atoms with van der Waals surface area (Å²) in [6.07, 6.45) is 4.37. The molecule has 3 N–H and O–H groups in total. The van der Waals surface area contributed by atoms with Gasteiger partial charge in [0, 0.05) is 0 Å². The topological polar surface area (TPSA) is 93.9 Å². The minimum Gasteiger partial charge on any atom is -0.468 e. The highest BCUT2D eigenvalue weighted by Crippen LogP contribution is 2.36. The van der Waals surface area contributed by atoms with Crippen molar-refractivity contribution in [2.45, 2.75) is 31.6 Å². The summed E-state index contributed by atoms with van der Waals surface area (Å²) < 4.78 is 4.82. The van der Waals surface area contributed by atoms with Gasteiger partial charge >= 0.3 is 5.97 Å². The normalized spacial score (nSPS) is 18.6. The largest absolute Gasteiger partial charge is 0.468 e. The number of ether oxygens (including phenoxy) is 1. The van der Waals surface area contributed by atoms with Gasteiger partial charge in [0.1, 0.15) is 11.7 Å². The zero-order valence-electron chi connectivity index (χ0n) is 9.27. The van der Waals surface area contributed by atoms with Crippen LogP contribution in [-0.4, -0.2) is 28.3 Å². The van der Waals surface area contributed by atoms with Crippen LogP contribution in [-0.2, 0) is 9.53 Å². The predicted molar refractivity (Wildman–Crippen MR) is 57.5 cm³/mol. The molecule has 1 atom stereocenters. The number of carbonyl (C=O) groups excluding carboxylic acids is 1. The molecule has 1 saturated carbocycles. The second-order valence-corrected chi connectivity index (χ2v) is 4.12. The molecule has 2 rings (SSSR count). The quantitative estimate of drug-likeness (QED) is 0.742. The molecule has 0 saturated heterocycles. The van der Waals surface area contributed by atoms with Gasteiger partial charge in [-0.3, -0.25) is 9.89 Å². The molecule has 1 aromatic heterocycles. The zero-order chi connectivity index (χ0) is 11.5. The molecule has 0 aromatic carbocycles. The van der Waals surface area contributed by atoms with E-state index in [-0.39, 0.29) is 17.8 Å². The van der Waals surface area contributed by atoms with Crippen molar-refractivity contribution in [3.63, 3.8) is 0 Å². The minimum absolute atomic E-state index is 0.168. The van der Waals surface area contributed by atoms with E-state index in [1.807, 2.05) is 0 Å². The third-order valence-corrected chi connectivity index (χ3v) is 3.14. The van der Waals surface area contributed by atoms with E-state index in [1.54, 1.807) is 0 Å². The molecule has 88 valence electrons. The molecule has 0 spiro atoms. The van der Waals surface area contributed by atoms with Crippen molar-refractivity contribution in [3.8, 4) is 0 Å². The second kappa shape index (κ2) is 4.51. The maximum absolute atomic E-state index is 11.8. The van der Waals surface area contributed by atoms with E-state index in [2.05, 4.69) is 15.2 Å². The van der Waals surface area contributed by atoms with Crippen molar-refractivity contribution in [2.75, 3.05) is 12.8 Å². The zero-order valence-corrected chi connectivity index (χ0v) is 9.27. The van der Waals surface area contributed by atoms with Gasteiger partial charge in [-0.2, -0.15) is 4.98 Å². The fraction of sp³-hybridized carbons (Fsp3) is 0.700. The van der Waals surface area contributed by atoms with Gasteiger partial charge in [0.05, 0.1) is 7.11 Å². The van der Waals surface area contributed by atoms with Crippen LogP contribution in [0.3, 0.4) is 0 Å².